The molecule has 2 aromatic rings. The summed E-state index contributed by atoms with van der Waals surface area (Å²) in [6, 6.07) is 5.64. The number of nitrogen functional groups attached to an aromatic ring is 1. The first-order chi connectivity index (χ1) is 7.66. The summed E-state index contributed by atoms with van der Waals surface area (Å²) < 4.78 is 0. The topological polar surface area (TPSA) is 64.7 Å². The molecule has 0 aliphatic rings. The first-order valence-corrected chi connectivity index (χ1v) is 5.75. The van der Waals surface area contributed by atoms with Crippen LogP contribution in [0.4, 0.5) is 5.69 Å². The summed E-state index contributed by atoms with van der Waals surface area (Å²) >= 11 is 7.15. The second-order valence-corrected chi connectivity index (χ2v) is 4.41. The summed E-state index contributed by atoms with van der Waals surface area (Å²) in [6.45, 7) is 1.80. The highest BCUT2D eigenvalue weighted by atomic mass is 35.5. The molecule has 82 valence electrons. The van der Waals surface area contributed by atoms with Crippen LogP contribution < -0.4 is 5.73 Å². The van der Waals surface area contributed by atoms with E-state index in [-0.39, 0.29) is 5.28 Å². The lowest BCUT2D eigenvalue weighted by Gasteiger charge is -2.06. The van der Waals surface area contributed by atoms with Crippen LogP contribution in [0.1, 0.15) is 5.69 Å². The number of hydrogen-bond donors (Lipinski definition) is 1. The van der Waals surface area contributed by atoms with Crippen LogP contribution in [0.15, 0.2) is 34.4 Å². The van der Waals surface area contributed by atoms with Gasteiger partial charge >= 0.3 is 0 Å². The van der Waals surface area contributed by atoms with Gasteiger partial charge < -0.3 is 5.73 Å². The van der Waals surface area contributed by atoms with Gasteiger partial charge in [-0.1, -0.05) is 6.07 Å². The molecule has 0 unspecified atom stereocenters. The Morgan fingerprint density at radius 3 is 2.81 bits per heavy atom. The van der Waals surface area contributed by atoms with Crippen molar-refractivity contribution in [2.24, 2.45) is 0 Å². The maximum absolute atomic E-state index is 5.87. The van der Waals surface area contributed by atoms with Gasteiger partial charge in [0.2, 0.25) is 5.28 Å². The van der Waals surface area contributed by atoms with Crippen LogP contribution in [0.5, 0.6) is 0 Å². The fraction of sp³-hybridized carbons (Fsp3) is 0.100. The van der Waals surface area contributed by atoms with Crippen LogP contribution in [0.2, 0.25) is 5.28 Å². The van der Waals surface area contributed by atoms with Gasteiger partial charge in [0.15, 0.2) is 0 Å². The van der Waals surface area contributed by atoms with E-state index in [4.69, 9.17) is 17.3 Å². The molecule has 0 bridgehead atoms. The number of anilines is 1. The fourth-order valence-corrected chi connectivity index (χ4v) is 2.22. The maximum Gasteiger partial charge on any atom is 0.223 e. The number of nitrogens with zero attached hydrogens (tertiary/aromatic N) is 3. The smallest absolute Gasteiger partial charge is 0.223 e. The molecule has 4 nitrogen and oxygen atoms in total. The molecular weight excluding hydrogens is 244 g/mol. The van der Waals surface area contributed by atoms with Crippen LogP contribution in [0, 0.1) is 6.92 Å². The van der Waals surface area contributed by atoms with Gasteiger partial charge in [-0.3, -0.25) is 0 Å². The molecule has 0 saturated carbocycles. The van der Waals surface area contributed by atoms with E-state index >= 15 is 0 Å². The van der Waals surface area contributed by atoms with Gasteiger partial charge in [-0.2, -0.15) is 0 Å². The average molecular weight is 253 g/mol. The third kappa shape index (κ3) is 2.43. The van der Waals surface area contributed by atoms with Crippen LogP contribution in [0.3, 0.4) is 0 Å². The summed E-state index contributed by atoms with van der Waals surface area (Å²) in [6.07, 6.45) is 1.72. The van der Waals surface area contributed by atoms with Crippen LogP contribution in [0.25, 0.3) is 0 Å². The van der Waals surface area contributed by atoms with Crippen molar-refractivity contribution in [3.8, 4) is 0 Å². The summed E-state index contributed by atoms with van der Waals surface area (Å²) in [5.74, 6) is 0. The molecule has 0 atom stereocenters. The Balaban J connectivity index is 2.35. The lowest BCUT2D eigenvalue weighted by atomic mass is 10.4. The molecule has 0 amide bonds. The predicted molar refractivity (Wildman–Crippen MR) is 64.6 cm³/mol. The van der Waals surface area contributed by atoms with Crippen LogP contribution >= 0.6 is 23.4 Å². The standard InChI is InChI=1S/C10H9ClN4S/c1-6-8(12)9(15-10(11)14-6)16-7-4-2-3-5-13-7/h2-5H,12H2,1H3. The quantitative estimate of drug-likeness (QED) is 0.657. The molecule has 0 aliphatic carbocycles. The van der Waals surface area contributed by atoms with E-state index in [1.54, 1.807) is 13.1 Å². The molecule has 0 aliphatic heterocycles. The predicted octanol–water partition coefficient (Wildman–Crippen LogP) is 2.57. The first-order valence-electron chi connectivity index (χ1n) is 4.55. The minimum atomic E-state index is 0.199. The van der Waals surface area contributed by atoms with Crippen LogP contribution in [-0.2, 0) is 0 Å². The maximum atomic E-state index is 5.87. The summed E-state index contributed by atoms with van der Waals surface area (Å²) in [5.41, 5.74) is 7.09. The van der Waals surface area contributed by atoms with Crippen molar-refractivity contribution >= 4 is 29.1 Å². The zero-order chi connectivity index (χ0) is 11.5. The van der Waals surface area contributed by atoms with Gasteiger partial charge in [0.1, 0.15) is 10.1 Å². The molecule has 0 radical (unpaired) electrons. The number of halogens is 1. The Morgan fingerprint density at radius 2 is 2.12 bits per heavy atom. The van der Waals surface area contributed by atoms with Crippen molar-refractivity contribution in [2.75, 3.05) is 5.73 Å². The molecular formula is C10H9ClN4S. The Hall–Kier alpha value is -1.33. The SMILES string of the molecule is Cc1nc(Cl)nc(Sc2ccccn2)c1N. The lowest BCUT2D eigenvalue weighted by Crippen LogP contribution is -1.99. The lowest BCUT2D eigenvalue weighted by molar-refractivity contribution is 1.01. The molecule has 16 heavy (non-hydrogen) atoms. The van der Waals surface area contributed by atoms with Crippen LogP contribution in [-0.4, -0.2) is 15.0 Å². The fourth-order valence-electron chi connectivity index (χ4n) is 1.11. The number of rotatable bonds is 2. The first kappa shape index (κ1) is 11.2. The second kappa shape index (κ2) is 4.67. The van der Waals surface area contributed by atoms with Crippen molar-refractivity contribution in [2.45, 2.75) is 17.0 Å². The molecule has 0 fully saturated rings. The zero-order valence-corrected chi connectivity index (χ0v) is 10.1. The van der Waals surface area contributed by atoms with Gasteiger partial charge in [0.05, 0.1) is 11.4 Å². The molecule has 6 heteroatoms. The molecule has 2 heterocycles. The van der Waals surface area contributed by atoms with E-state index in [1.807, 2.05) is 18.2 Å². The van der Waals surface area contributed by atoms with E-state index in [2.05, 4.69) is 15.0 Å². The molecule has 0 saturated heterocycles. The Morgan fingerprint density at radius 1 is 1.31 bits per heavy atom. The van der Waals surface area contributed by atoms with Gasteiger partial charge in [-0.25, -0.2) is 15.0 Å². The average Bonchev–Trinajstić information content (AvgIpc) is 2.27. The Labute approximate surface area is 102 Å². The highest BCUT2D eigenvalue weighted by molar-refractivity contribution is 7.99. The van der Waals surface area contributed by atoms with E-state index < -0.39 is 0 Å². The number of aryl methyl sites for hydroxylation is 1. The van der Waals surface area contributed by atoms with Crippen molar-refractivity contribution in [1.82, 2.24) is 15.0 Å². The van der Waals surface area contributed by atoms with Crippen molar-refractivity contribution in [3.05, 3.63) is 35.4 Å². The zero-order valence-electron chi connectivity index (χ0n) is 8.51. The summed E-state index contributed by atoms with van der Waals surface area (Å²) in [5, 5.41) is 1.66. The number of aromatic nitrogens is 3. The third-order valence-corrected chi connectivity index (χ3v) is 3.04. The molecule has 2 N–H and O–H groups in total. The molecule has 0 spiro atoms. The van der Waals surface area contributed by atoms with Crippen molar-refractivity contribution in [1.29, 1.82) is 0 Å². The minimum Gasteiger partial charge on any atom is -0.395 e. The number of pyridine rings is 1. The highest BCUT2D eigenvalue weighted by Crippen LogP contribution is 2.30. The van der Waals surface area contributed by atoms with Crippen molar-refractivity contribution in [3.63, 3.8) is 0 Å². The van der Waals surface area contributed by atoms with E-state index in [0.717, 1.165) is 5.03 Å². The largest absolute Gasteiger partial charge is 0.395 e. The van der Waals surface area contributed by atoms with Gasteiger partial charge in [0.25, 0.3) is 0 Å². The molecule has 2 aromatic heterocycles. The van der Waals surface area contributed by atoms with Crippen molar-refractivity contribution < 1.29 is 0 Å². The summed E-state index contributed by atoms with van der Waals surface area (Å²) in [7, 11) is 0. The monoisotopic (exact) mass is 252 g/mol. The normalized spacial score (nSPS) is 10.4. The third-order valence-electron chi connectivity index (χ3n) is 1.91. The van der Waals surface area contributed by atoms with E-state index in [0.29, 0.717) is 16.4 Å². The highest BCUT2D eigenvalue weighted by Gasteiger charge is 2.09. The summed E-state index contributed by atoms with van der Waals surface area (Å²) in [4.78, 5) is 12.2. The van der Waals surface area contributed by atoms with E-state index in [1.165, 1.54) is 11.8 Å². The molecule has 0 aromatic carbocycles. The van der Waals surface area contributed by atoms with Gasteiger partial charge in [-0.15, -0.1) is 0 Å². The Kier molecular flexibility index (Phi) is 3.26. The minimum absolute atomic E-state index is 0.199. The van der Waals surface area contributed by atoms with Gasteiger partial charge in [-0.05, 0) is 42.4 Å². The van der Waals surface area contributed by atoms with Gasteiger partial charge in [0, 0.05) is 6.20 Å². The molecule has 2 rings (SSSR count). The Bertz CT molecular complexity index is 504. The second-order valence-electron chi connectivity index (χ2n) is 3.07. The number of hydrogen-bond acceptors (Lipinski definition) is 5. The number of nitrogens with two attached hydrogens (primary N) is 1. The van der Waals surface area contributed by atoms with E-state index in [9.17, 15) is 0 Å².